The van der Waals surface area contributed by atoms with Gasteiger partial charge in [-0.05, 0) is 84.1 Å². The van der Waals surface area contributed by atoms with Crippen molar-refractivity contribution in [2.24, 2.45) is 0 Å². The summed E-state index contributed by atoms with van der Waals surface area (Å²) in [5, 5.41) is 11.9. The molecule has 218 valence electrons. The normalized spacial score (nSPS) is 14.3. The van der Waals surface area contributed by atoms with E-state index in [0.717, 1.165) is 39.0 Å². The van der Waals surface area contributed by atoms with Gasteiger partial charge >= 0.3 is 0 Å². The molecule has 1 aromatic heterocycles. The molecule has 0 saturated carbocycles. The molecule has 0 radical (unpaired) electrons. The summed E-state index contributed by atoms with van der Waals surface area (Å²) in [6.07, 6.45) is 1.00. The largest absolute Gasteiger partial charge is 0.490 e. The minimum atomic E-state index is -0.562. The maximum atomic E-state index is 13.9. The lowest BCUT2D eigenvalue weighted by Crippen LogP contribution is -2.31. The van der Waals surface area contributed by atoms with Gasteiger partial charge in [0.05, 0.1) is 16.7 Å². The van der Waals surface area contributed by atoms with E-state index in [1.54, 1.807) is 16.4 Å². The van der Waals surface area contributed by atoms with Crippen LogP contribution in [0.25, 0.3) is 0 Å². The van der Waals surface area contributed by atoms with Gasteiger partial charge in [0.15, 0.2) is 11.5 Å². The third-order valence-corrected chi connectivity index (χ3v) is 8.29. The smallest absolute Gasteiger partial charge is 0.255 e. The van der Waals surface area contributed by atoms with Gasteiger partial charge < -0.3 is 20.1 Å². The summed E-state index contributed by atoms with van der Waals surface area (Å²) in [5.74, 6) is 2.44. The van der Waals surface area contributed by atoms with Gasteiger partial charge in [-0.1, -0.05) is 61.2 Å². The number of carbonyl (C=O) groups excluding carboxylic acids is 1. The summed E-state index contributed by atoms with van der Waals surface area (Å²) < 4.78 is 14.8. The van der Waals surface area contributed by atoms with Crippen molar-refractivity contribution in [1.29, 1.82) is 0 Å². The average molecular weight is 649 g/mol. The number of allylic oxidation sites excluding steroid dienone is 1. The highest BCUT2D eigenvalue weighted by molar-refractivity contribution is 9.10. The molecular formula is C32H34BrN5O3S. The van der Waals surface area contributed by atoms with Crippen molar-refractivity contribution in [2.75, 3.05) is 23.0 Å². The molecule has 2 N–H and O–H groups in total. The number of rotatable bonds is 11. The average Bonchev–Trinajstić information content (AvgIpc) is 3.37. The van der Waals surface area contributed by atoms with E-state index in [1.807, 2.05) is 87.5 Å². The molecule has 4 aromatic rings. The molecular weight excluding hydrogens is 614 g/mol. The Morgan fingerprint density at radius 3 is 2.62 bits per heavy atom. The van der Waals surface area contributed by atoms with Crippen LogP contribution in [0.5, 0.6) is 11.5 Å². The van der Waals surface area contributed by atoms with Gasteiger partial charge in [-0.3, -0.25) is 4.79 Å². The number of benzene rings is 3. The molecule has 8 nitrogen and oxygen atoms in total. The Labute approximate surface area is 259 Å². The third kappa shape index (κ3) is 6.65. The lowest BCUT2D eigenvalue weighted by atomic mass is 9.94. The predicted molar refractivity (Wildman–Crippen MR) is 171 cm³/mol. The van der Waals surface area contributed by atoms with Crippen LogP contribution >= 0.6 is 27.7 Å². The molecule has 0 fully saturated rings. The number of aryl methyl sites for hydroxylation is 1. The lowest BCUT2D eigenvalue weighted by molar-refractivity contribution is -0.113. The fraction of sp³-hybridized carbons (Fsp3) is 0.281. The fourth-order valence-corrected chi connectivity index (χ4v) is 6.05. The number of anilines is 2. The molecule has 5 rings (SSSR count). The van der Waals surface area contributed by atoms with E-state index in [4.69, 9.17) is 19.6 Å². The highest BCUT2D eigenvalue weighted by atomic mass is 79.9. The van der Waals surface area contributed by atoms with Gasteiger partial charge in [0.25, 0.3) is 5.91 Å². The molecule has 1 atom stereocenters. The van der Waals surface area contributed by atoms with Gasteiger partial charge in [-0.25, -0.2) is 4.68 Å². The number of fused-ring (bicyclic) bond motifs is 1. The van der Waals surface area contributed by atoms with Gasteiger partial charge in [-0.15, -0.1) is 5.10 Å². The van der Waals surface area contributed by atoms with Gasteiger partial charge in [-0.2, -0.15) is 4.98 Å². The number of carbonyl (C=O) groups is 1. The van der Waals surface area contributed by atoms with Crippen molar-refractivity contribution in [3.05, 3.63) is 99.2 Å². The molecule has 10 heteroatoms. The zero-order chi connectivity index (χ0) is 29.6. The Balaban J connectivity index is 1.57. The highest BCUT2D eigenvalue weighted by Crippen LogP contribution is 2.43. The van der Waals surface area contributed by atoms with E-state index < -0.39 is 6.04 Å². The van der Waals surface area contributed by atoms with Crippen molar-refractivity contribution >= 4 is 45.2 Å². The van der Waals surface area contributed by atoms with Crippen LogP contribution in [0.1, 0.15) is 49.9 Å². The molecule has 42 heavy (non-hydrogen) atoms. The monoisotopic (exact) mass is 647 g/mol. The van der Waals surface area contributed by atoms with Crippen molar-refractivity contribution < 1.29 is 14.3 Å². The zero-order valence-corrected chi connectivity index (χ0v) is 26.5. The predicted octanol–water partition coefficient (Wildman–Crippen LogP) is 7.76. The number of nitrogens with zero attached hydrogens (tertiary/aromatic N) is 3. The van der Waals surface area contributed by atoms with Crippen LogP contribution in [0.15, 0.2) is 87.6 Å². The summed E-state index contributed by atoms with van der Waals surface area (Å²) >= 11 is 5.33. The molecule has 1 aliphatic heterocycles. The molecule has 1 unspecified atom stereocenters. The van der Waals surface area contributed by atoms with Gasteiger partial charge in [0, 0.05) is 17.1 Å². The standard InChI is InChI=1S/C32H34BrN5O3S/c1-5-15-42-32-36-31-34-21(4)27(30(39)35-24-14-10-11-20(3)16-24)28(38(31)37-32)23-17-25(33)29(26(18-23)40-6-2)41-19-22-12-8-7-9-13-22/h7-14,16-18,28H,5-6,15,19H2,1-4H3,(H,35,39)(H,34,36,37). The number of hydrogen-bond acceptors (Lipinski definition) is 7. The van der Waals surface area contributed by atoms with Crippen LogP contribution in [0.2, 0.25) is 0 Å². The SMILES string of the molecule is CCCSc1nc2n(n1)C(c1cc(Br)c(OCc3ccccc3)c(OCC)c1)C(C(=O)Nc1cccc(C)c1)=C(C)N2. The zero-order valence-electron chi connectivity index (χ0n) is 24.1. The highest BCUT2D eigenvalue weighted by Gasteiger charge is 2.35. The summed E-state index contributed by atoms with van der Waals surface area (Å²) in [5.41, 5.74) is 4.88. The molecule has 0 aliphatic carbocycles. The summed E-state index contributed by atoms with van der Waals surface area (Å²) in [6, 6.07) is 21.1. The molecule has 0 bridgehead atoms. The molecule has 3 aromatic carbocycles. The van der Waals surface area contributed by atoms with Crippen molar-refractivity contribution in [1.82, 2.24) is 14.8 Å². The number of hydrogen-bond donors (Lipinski definition) is 2. The fourth-order valence-electron chi connectivity index (χ4n) is 4.79. The number of thioether (sulfide) groups is 1. The van der Waals surface area contributed by atoms with Crippen LogP contribution in [-0.2, 0) is 11.4 Å². The van der Waals surface area contributed by atoms with Crippen LogP contribution in [0.4, 0.5) is 11.6 Å². The van der Waals surface area contributed by atoms with Crippen LogP contribution in [-0.4, -0.2) is 33.0 Å². The quantitative estimate of drug-likeness (QED) is 0.161. The molecule has 2 heterocycles. The van der Waals surface area contributed by atoms with Gasteiger partial charge in [0.1, 0.15) is 12.6 Å². The first-order valence-corrected chi connectivity index (χ1v) is 15.7. The third-order valence-electron chi connectivity index (χ3n) is 6.66. The van der Waals surface area contributed by atoms with Crippen molar-refractivity contribution in [3.63, 3.8) is 0 Å². The number of amides is 1. The second-order valence-electron chi connectivity index (χ2n) is 9.94. The van der Waals surface area contributed by atoms with E-state index >= 15 is 0 Å². The molecule has 0 spiro atoms. The van der Waals surface area contributed by atoms with E-state index in [-0.39, 0.29) is 5.91 Å². The minimum Gasteiger partial charge on any atom is -0.490 e. The summed E-state index contributed by atoms with van der Waals surface area (Å²) in [7, 11) is 0. The topological polar surface area (TPSA) is 90.3 Å². The minimum absolute atomic E-state index is 0.224. The maximum absolute atomic E-state index is 13.9. The van der Waals surface area contributed by atoms with Crippen LogP contribution < -0.4 is 20.1 Å². The second-order valence-corrected chi connectivity index (χ2v) is 11.9. The number of nitrogens with one attached hydrogen (secondary N) is 2. The Bertz CT molecular complexity index is 1610. The Morgan fingerprint density at radius 1 is 1.07 bits per heavy atom. The second kappa shape index (κ2) is 13.5. The van der Waals surface area contributed by atoms with E-state index in [2.05, 4.69) is 33.5 Å². The lowest BCUT2D eigenvalue weighted by Gasteiger charge is -2.29. The Kier molecular flexibility index (Phi) is 9.54. The molecule has 0 saturated heterocycles. The number of halogens is 1. The molecule has 1 aliphatic rings. The first-order chi connectivity index (χ1) is 20.4. The van der Waals surface area contributed by atoms with E-state index in [9.17, 15) is 4.79 Å². The van der Waals surface area contributed by atoms with Crippen molar-refractivity contribution in [3.8, 4) is 11.5 Å². The Hall–Kier alpha value is -3.76. The van der Waals surface area contributed by atoms with Crippen LogP contribution in [0.3, 0.4) is 0 Å². The Morgan fingerprint density at radius 2 is 1.88 bits per heavy atom. The van der Waals surface area contributed by atoms with Crippen LogP contribution in [0, 0.1) is 6.92 Å². The maximum Gasteiger partial charge on any atom is 0.255 e. The first kappa shape index (κ1) is 29.7. The molecule has 1 amide bonds. The first-order valence-electron chi connectivity index (χ1n) is 14.0. The van der Waals surface area contributed by atoms with E-state index in [0.29, 0.717) is 47.1 Å². The van der Waals surface area contributed by atoms with E-state index in [1.165, 1.54) is 0 Å². The van der Waals surface area contributed by atoms with Gasteiger partial charge in [0.2, 0.25) is 11.1 Å². The number of ether oxygens (including phenoxy) is 2. The summed E-state index contributed by atoms with van der Waals surface area (Å²) in [6.45, 7) is 8.79. The van der Waals surface area contributed by atoms with Crippen molar-refractivity contribution in [2.45, 2.75) is 51.9 Å². The number of aromatic nitrogens is 3. The summed E-state index contributed by atoms with van der Waals surface area (Å²) in [4.78, 5) is 18.7.